The summed E-state index contributed by atoms with van der Waals surface area (Å²) in [5.74, 6) is -0.113. The Morgan fingerprint density at radius 1 is 1.27 bits per heavy atom. The fourth-order valence-electron chi connectivity index (χ4n) is 2.37. The molecule has 0 aliphatic carbocycles. The van der Waals surface area contributed by atoms with Gasteiger partial charge in [-0.2, -0.15) is 0 Å². The van der Waals surface area contributed by atoms with Gasteiger partial charge in [0.25, 0.3) is 0 Å². The third kappa shape index (κ3) is 4.72. The normalized spacial score (nSPS) is 21.5. The van der Waals surface area contributed by atoms with Crippen LogP contribution in [-0.2, 0) is 9.59 Å². The number of hydrogen-bond acceptors (Lipinski definition) is 5. The number of carbonyl (C=O) groups excluding carboxylic acids is 2. The predicted molar refractivity (Wildman–Crippen MR) is 84.7 cm³/mol. The van der Waals surface area contributed by atoms with Gasteiger partial charge in [0.2, 0.25) is 11.8 Å². The maximum absolute atomic E-state index is 12.2. The summed E-state index contributed by atoms with van der Waals surface area (Å²) >= 11 is 1.32. The molecule has 1 aliphatic heterocycles. The molecule has 0 aromatic heterocycles. The lowest BCUT2D eigenvalue weighted by atomic mass is 10.1. The number of likely N-dealkylation sites (tertiary alicyclic amines) is 1. The van der Waals surface area contributed by atoms with Gasteiger partial charge in [0, 0.05) is 31.3 Å². The number of nitrogens with zero attached hydrogens (tertiary/aromatic N) is 1. The maximum Gasteiger partial charge on any atom is 0.233 e. The highest BCUT2D eigenvalue weighted by Crippen LogP contribution is 2.27. The van der Waals surface area contributed by atoms with E-state index in [2.05, 4.69) is 5.32 Å². The van der Waals surface area contributed by atoms with Crippen LogP contribution in [0.25, 0.3) is 0 Å². The minimum Gasteiger partial charge on any atom is -0.391 e. The molecule has 2 amide bonds. The summed E-state index contributed by atoms with van der Waals surface area (Å²) in [5.41, 5.74) is 0.673. The maximum atomic E-state index is 12.2. The van der Waals surface area contributed by atoms with E-state index in [1.54, 1.807) is 6.07 Å². The fourth-order valence-corrected chi connectivity index (χ4v) is 3.28. The van der Waals surface area contributed by atoms with Crippen molar-refractivity contribution in [3.8, 4) is 0 Å². The van der Waals surface area contributed by atoms with E-state index in [4.69, 9.17) is 0 Å². The Morgan fingerprint density at radius 2 is 1.91 bits per heavy atom. The summed E-state index contributed by atoms with van der Waals surface area (Å²) in [6.07, 6.45) is -1.05. The molecule has 6 nitrogen and oxygen atoms in total. The molecule has 2 rings (SSSR count). The fraction of sp³-hybridized carbons (Fsp3) is 0.467. The van der Waals surface area contributed by atoms with Crippen molar-refractivity contribution in [1.29, 1.82) is 0 Å². The molecule has 1 aromatic carbocycles. The summed E-state index contributed by atoms with van der Waals surface area (Å²) in [6.45, 7) is 1.94. The van der Waals surface area contributed by atoms with E-state index in [0.717, 1.165) is 4.90 Å². The first-order chi connectivity index (χ1) is 10.5. The van der Waals surface area contributed by atoms with E-state index in [-0.39, 0.29) is 30.7 Å². The molecule has 2 atom stereocenters. The Morgan fingerprint density at radius 3 is 2.55 bits per heavy atom. The van der Waals surface area contributed by atoms with Crippen molar-refractivity contribution in [2.75, 3.05) is 24.2 Å². The number of thioether (sulfide) groups is 1. The Bertz CT molecular complexity index is 542. The summed E-state index contributed by atoms with van der Waals surface area (Å²) in [6, 6.07) is 7.27. The molecule has 7 heteroatoms. The van der Waals surface area contributed by atoms with Gasteiger partial charge in [-0.25, -0.2) is 0 Å². The first-order valence-corrected chi connectivity index (χ1v) is 8.07. The number of hydrogen-bond donors (Lipinski definition) is 3. The van der Waals surface area contributed by atoms with Crippen LogP contribution in [0, 0.1) is 0 Å². The molecule has 1 saturated heterocycles. The second-order valence-corrected chi connectivity index (χ2v) is 6.33. The minimum absolute atomic E-state index is 0.138. The molecule has 0 radical (unpaired) electrons. The number of anilines is 1. The standard InChI is InChI=1S/C15H20N2O4S/c1-10(18)16-13-4-2-3-5-14(13)22-9-15(21)17-7-11(19)6-12(20)8-17/h2-5,11-12,19-20H,6-9H2,1H3,(H,16,18)/t11-,12-/m1/s1. The second-order valence-electron chi connectivity index (χ2n) is 5.31. The number of benzene rings is 1. The number of nitrogens with one attached hydrogen (secondary N) is 1. The molecule has 120 valence electrons. The van der Waals surface area contributed by atoms with Crippen molar-refractivity contribution in [2.24, 2.45) is 0 Å². The van der Waals surface area contributed by atoms with Crippen LogP contribution < -0.4 is 5.32 Å². The van der Waals surface area contributed by atoms with Crippen LogP contribution in [0.4, 0.5) is 5.69 Å². The molecule has 1 heterocycles. The molecule has 0 bridgehead atoms. The Labute approximate surface area is 133 Å². The van der Waals surface area contributed by atoms with Crippen LogP contribution in [0.15, 0.2) is 29.2 Å². The Hall–Kier alpha value is -1.57. The van der Waals surface area contributed by atoms with E-state index in [1.807, 2.05) is 18.2 Å². The second kappa shape index (κ2) is 7.62. The number of aliphatic hydroxyl groups excluding tert-OH is 2. The highest BCUT2D eigenvalue weighted by atomic mass is 32.2. The van der Waals surface area contributed by atoms with Gasteiger partial charge in [0.1, 0.15) is 0 Å². The molecule has 1 aliphatic rings. The lowest BCUT2D eigenvalue weighted by Crippen LogP contribution is -2.49. The van der Waals surface area contributed by atoms with Gasteiger partial charge in [-0.3, -0.25) is 9.59 Å². The van der Waals surface area contributed by atoms with E-state index in [9.17, 15) is 19.8 Å². The van der Waals surface area contributed by atoms with Gasteiger partial charge in [0.15, 0.2) is 0 Å². The van der Waals surface area contributed by atoms with Crippen molar-refractivity contribution in [1.82, 2.24) is 4.90 Å². The van der Waals surface area contributed by atoms with Crippen molar-refractivity contribution in [3.05, 3.63) is 24.3 Å². The number of para-hydroxylation sites is 1. The van der Waals surface area contributed by atoms with Crippen molar-refractivity contribution >= 4 is 29.3 Å². The van der Waals surface area contributed by atoms with Gasteiger partial charge < -0.3 is 20.4 Å². The number of amides is 2. The molecule has 0 saturated carbocycles. The number of β-amino-alcohol motifs (C(OH)–C–C–N with tert-alkyl or cyclic N) is 2. The Kier molecular flexibility index (Phi) is 5.82. The quantitative estimate of drug-likeness (QED) is 0.709. The lowest BCUT2D eigenvalue weighted by Gasteiger charge is -2.33. The molecular weight excluding hydrogens is 304 g/mol. The van der Waals surface area contributed by atoms with E-state index < -0.39 is 12.2 Å². The molecule has 0 unspecified atom stereocenters. The Balaban J connectivity index is 1.95. The lowest BCUT2D eigenvalue weighted by molar-refractivity contribution is -0.134. The molecule has 1 aromatic rings. The van der Waals surface area contributed by atoms with E-state index >= 15 is 0 Å². The smallest absolute Gasteiger partial charge is 0.233 e. The zero-order valence-corrected chi connectivity index (χ0v) is 13.2. The van der Waals surface area contributed by atoms with Crippen LogP contribution in [-0.4, -0.2) is 58.0 Å². The third-order valence-corrected chi connectivity index (χ3v) is 4.37. The zero-order valence-electron chi connectivity index (χ0n) is 12.4. The third-order valence-electron chi connectivity index (χ3n) is 3.31. The van der Waals surface area contributed by atoms with E-state index in [0.29, 0.717) is 12.1 Å². The summed E-state index contributed by atoms with van der Waals surface area (Å²) in [4.78, 5) is 25.7. The van der Waals surface area contributed by atoms with Gasteiger partial charge in [-0.1, -0.05) is 12.1 Å². The largest absolute Gasteiger partial charge is 0.391 e. The highest BCUT2D eigenvalue weighted by molar-refractivity contribution is 8.00. The number of aliphatic hydroxyl groups is 2. The van der Waals surface area contributed by atoms with Gasteiger partial charge in [-0.15, -0.1) is 11.8 Å². The molecule has 3 N–H and O–H groups in total. The zero-order chi connectivity index (χ0) is 16.1. The van der Waals surface area contributed by atoms with Crippen LogP contribution in [0.3, 0.4) is 0 Å². The van der Waals surface area contributed by atoms with Gasteiger partial charge in [0.05, 0.1) is 23.6 Å². The minimum atomic E-state index is -0.677. The highest BCUT2D eigenvalue weighted by Gasteiger charge is 2.27. The SMILES string of the molecule is CC(=O)Nc1ccccc1SCC(=O)N1C[C@H](O)C[C@@H](O)C1. The van der Waals surface area contributed by atoms with Crippen molar-refractivity contribution < 1.29 is 19.8 Å². The van der Waals surface area contributed by atoms with Crippen LogP contribution in [0.2, 0.25) is 0 Å². The topological polar surface area (TPSA) is 89.9 Å². The monoisotopic (exact) mass is 324 g/mol. The van der Waals surface area contributed by atoms with Gasteiger partial charge >= 0.3 is 0 Å². The average molecular weight is 324 g/mol. The predicted octanol–water partition coefficient (Wildman–Crippen LogP) is 0.691. The first-order valence-electron chi connectivity index (χ1n) is 7.09. The number of rotatable bonds is 4. The van der Waals surface area contributed by atoms with Crippen LogP contribution in [0.5, 0.6) is 0 Å². The number of carbonyl (C=O) groups is 2. The van der Waals surface area contributed by atoms with Crippen LogP contribution in [0.1, 0.15) is 13.3 Å². The van der Waals surface area contributed by atoms with Gasteiger partial charge in [-0.05, 0) is 12.1 Å². The molecule has 0 spiro atoms. The van der Waals surface area contributed by atoms with Crippen LogP contribution >= 0.6 is 11.8 Å². The summed E-state index contributed by atoms with van der Waals surface area (Å²) < 4.78 is 0. The molecule has 1 fully saturated rings. The number of piperidine rings is 1. The molecule has 22 heavy (non-hydrogen) atoms. The molecular formula is C15H20N2O4S. The summed E-state index contributed by atoms with van der Waals surface area (Å²) in [5, 5.41) is 22.0. The summed E-state index contributed by atoms with van der Waals surface area (Å²) in [7, 11) is 0. The van der Waals surface area contributed by atoms with Crippen molar-refractivity contribution in [3.63, 3.8) is 0 Å². The average Bonchev–Trinajstić information content (AvgIpc) is 2.44. The van der Waals surface area contributed by atoms with E-state index in [1.165, 1.54) is 23.6 Å². The van der Waals surface area contributed by atoms with Crippen molar-refractivity contribution in [2.45, 2.75) is 30.4 Å². The first kappa shape index (κ1) is 16.8.